The Kier molecular flexibility index (Phi) is 3.80. The second-order valence-electron chi connectivity index (χ2n) is 4.76. The summed E-state index contributed by atoms with van der Waals surface area (Å²) in [4.78, 5) is 26.1. The quantitative estimate of drug-likeness (QED) is 0.747. The summed E-state index contributed by atoms with van der Waals surface area (Å²) < 4.78 is 0. The van der Waals surface area contributed by atoms with E-state index in [1.807, 2.05) is 12.1 Å². The Morgan fingerprint density at radius 3 is 1.78 bits per heavy atom. The highest BCUT2D eigenvalue weighted by Crippen LogP contribution is 2.27. The molecule has 1 aromatic carbocycles. The van der Waals surface area contributed by atoms with E-state index in [2.05, 4.69) is 13.8 Å². The average Bonchev–Trinajstić information content (AvgIpc) is 2.63. The molecule has 1 aromatic rings. The van der Waals surface area contributed by atoms with Gasteiger partial charge in [-0.3, -0.25) is 14.5 Å². The second-order valence-corrected chi connectivity index (χ2v) is 4.76. The van der Waals surface area contributed by atoms with Gasteiger partial charge in [-0.05, 0) is 25.0 Å². The first-order valence-electron chi connectivity index (χ1n) is 6.67. The number of rotatable bonds is 5. The maximum Gasteiger partial charge on any atom is 0.261 e. The molecule has 1 aliphatic heterocycles. The van der Waals surface area contributed by atoms with Crippen LogP contribution in [0.3, 0.4) is 0 Å². The van der Waals surface area contributed by atoms with Crippen LogP contribution in [0, 0.1) is 0 Å². The number of nitrogens with zero attached hydrogens (tertiary/aromatic N) is 1. The molecule has 0 aliphatic carbocycles. The molecule has 0 spiro atoms. The summed E-state index contributed by atoms with van der Waals surface area (Å²) in [5.41, 5.74) is 1.11. The van der Waals surface area contributed by atoms with Gasteiger partial charge in [-0.25, -0.2) is 0 Å². The number of fused-ring (bicyclic) bond motifs is 1. The van der Waals surface area contributed by atoms with Gasteiger partial charge in [-0.15, -0.1) is 0 Å². The number of amides is 2. The molecule has 0 saturated heterocycles. The van der Waals surface area contributed by atoms with Crippen molar-refractivity contribution in [3.8, 4) is 0 Å². The molecule has 0 atom stereocenters. The largest absolute Gasteiger partial charge is 0.271 e. The standard InChI is InChI=1S/C15H19NO2/c1-3-7-11(8-4-2)16-14(17)12-9-5-6-10-13(12)15(16)18/h5-6,9-11H,3-4,7-8H2,1-2H3. The number of carbonyl (C=O) groups is 2. The van der Waals surface area contributed by atoms with Gasteiger partial charge >= 0.3 is 0 Å². The highest BCUT2D eigenvalue weighted by molar-refractivity contribution is 6.21. The number of benzene rings is 1. The molecule has 1 heterocycles. The van der Waals surface area contributed by atoms with Crippen molar-refractivity contribution in [3.63, 3.8) is 0 Å². The minimum atomic E-state index is -0.123. The van der Waals surface area contributed by atoms with Crippen LogP contribution in [-0.4, -0.2) is 22.8 Å². The number of hydrogen-bond donors (Lipinski definition) is 0. The van der Waals surface area contributed by atoms with E-state index in [1.54, 1.807) is 12.1 Å². The van der Waals surface area contributed by atoms with E-state index in [-0.39, 0.29) is 17.9 Å². The maximum absolute atomic E-state index is 12.3. The lowest BCUT2D eigenvalue weighted by molar-refractivity contribution is 0.0567. The van der Waals surface area contributed by atoms with Crippen molar-refractivity contribution in [2.75, 3.05) is 0 Å². The molecule has 0 radical (unpaired) electrons. The van der Waals surface area contributed by atoms with Crippen LogP contribution in [0.25, 0.3) is 0 Å². The van der Waals surface area contributed by atoms with Crippen molar-refractivity contribution >= 4 is 11.8 Å². The second kappa shape index (κ2) is 5.34. The zero-order valence-corrected chi connectivity index (χ0v) is 11.0. The lowest BCUT2D eigenvalue weighted by atomic mass is 10.1. The topological polar surface area (TPSA) is 37.4 Å². The molecular weight excluding hydrogens is 226 g/mol. The van der Waals surface area contributed by atoms with Crippen LogP contribution in [0.1, 0.15) is 60.2 Å². The molecule has 0 N–H and O–H groups in total. The van der Waals surface area contributed by atoms with Gasteiger partial charge in [0.1, 0.15) is 0 Å². The summed E-state index contributed by atoms with van der Waals surface area (Å²) in [6.07, 6.45) is 3.74. The van der Waals surface area contributed by atoms with Gasteiger partial charge in [0.15, 0.2) is 0 Å². The Morgan fingerprint density at radius 1 is 0.944 bits per heavy atom. The van der Waals surface area contributed by atoms with Gasteiger partial charge in [-0.1, -0.05) is 38.8 Å². The summed E-state index contributed by atoms with van der Waals surface area (Å²) in [6.45, 7) is 4.17. The van der Waals surface area contributed by atoms with E-state index in [4.69, 9.17) is 0 Å². The fourth-order valence-electron chi connectivity index (χ4n) is 2.61. The number of hydrogen-bond acceptors (Lipinski definition) is 2. The predicted octanol–water partition coefficient (Wildman–Crippen LogP) is 3.25. The molecule has 2 amide bonds. The molecule has 3 nitrogen and oxygen atoms in total. The highest BCUT2D eigenvalue weighted by atomic mass is 16.2. The number of imide groups is 1. The zero-order chi connectivity index (χ0) is 13.1. The van der Waals surface area contributed by atoms with Gasteiger partial charge in [-0.2, -0.15) is 0 Å². The zero-order valence-electron chi connectivity index (χ0n) is 11.0. The Morgan fingerprint density at radius 2 is 1.39 bits per heavy atom. The molecule has 2 rings (SSSR count). The smallest absolute Gasteiger partial charge is 0.261 e. The van der Waals surface area contributed by atoms with E-state index < -0.39 is 0 Å². The van der Waals surface area contributed by atoms with E-state index in [1.165, 1.54) is 4.90 Å². The fraction of sp³-hybridized carbons (Fsp3) is 0.467. The summed E-state index contributed by atoms with van der Waals surface area (Å²) in [7, 11) is 0. The van der Waals surface area contributed by atoms with E-state index in [9.17, 15) is 9.59 Å². The normalized spacial score (nSPS) is 14.5. The van der Waals surface area contributed by atoms with Gasteiger partial charge < -0.3 is 0 Å². The Bertz CT molecular complexity index is 426. The average molecular weight is 245 g/mol. The van der Waals surface area contributed by atoms with E-state index in [0.717, 1.165) is 25.7 Å². The molecule has 18 heavy (non-hydrogen) atoms. The third kappa shape index (κ3) is 2.05. The van der Waals surface area contributed by atoms with Crippen LogP contribution in [0.4, 0.5) is 0 Å². The monoisotopic (exact) mass is 245 g/mol. The first kappa shape index (κ1) is 12.8. The lowest BCUT2D eigenvalue weighted by Crippen LogP contribution is -2.39. The van der Waals surface area contributed by atoms with Crippen molar-refractivity contribution in [2.45, 2.75) is 45.6 Å². The van der Waals surface area contributed by atoms with Gasteiger partial charge in [0.05, 0.1) is 11.1 Å². The predicted molar refractivity (Wildman–Crippen MR) is 70.5 cm³/mol. The summed E-state index contributed by atoms with van der Waals surface area (Å²) in [5.74, 6) is -0.245. The first-order valence-corrected chi connectivity index (χ1v) is 6.67. The molecule has 0 fully saturated rings. The van der Waals surface area contributed by atoms with Crippen molar-refractivity contribution in [1.82, 2.24) is 4.90 Å². The Balaban J connectivity index is 2.31. The van der Waals surface area contributed by atoms with E-state index in [0.29, 0.717) is 11.1 Å². The molecule has 0 bridgehead atoms. The van der Waals surface area contributed by atoms with E-state index >= 15 is 0 Å². The van der Waals surface area contributed by atoms with Crippen LogP contribution in [0.15, 0.2) is 24.3 Å². The van der Waals surface area contributed by atoms with Crippen LogP contribution in [0.2, 0.25) is 0 Å². The minimum Gasteiger partial charge on any atom is -0.271 e. The molecule has 0 unspecified atom stereocenters. The molecule has 1 aliphatic rings. The van der Waals surface area contributed by atoms with Crippen molar-refractivity contribution in [1.29, 1.82) is 0 Å². The summed E-state index contributed by atoms with van der Waals surface area (Å²) in [6, 6.07) is 7.15. The van der Waals surface area contributed by atoms with Crippen molar-refractivity contribution in [3.05, 3.63) is 35.4 Å². The summed E-state index contributed by atoms with van der Waals surface area (Å²) in [5, 5.41) is 0. The SMILES string of the molecule is CCCC(CCC)N1C(=O)c2ccccc2C1=O. The lowest BCUT2D eigenvalue weighted by Gasteiger charge is -2.25. The highest BCUT2D eigenvalue weighted by Gasteiger charge is 2.38. The molecular formula is C15H19NO2. The summed E-state index contributed by atoms with van der Waals surface area (Å²) >= 11 is 0. The van der Waals surface area contributed by atoms with Crippen molar-refractivity contribution < 1.29 is 9.59 Å². The third-order valence-electron chi connectivity index (χ3n) is 3.43. The van der Waals surface area contributed by atoms with Crippen LogP contribution < -0.4 is 0 Å². The van der Waals surface area contributed by atoms with Crippen molar-refractivity contribution in [2.24, 2.45) is 0 Å². The van der Waals surface area contributed by atoms with Crippen LogP contribution >= 0.6 is 0 Å². The van der Waals surface area contributed by atoms with Crippen LogP contribution in [-0.2, 0) is 0 Å². The van der Waals surface area contributed by atoms with Crippen LogP contribution in [0.5, 0.6) is 0 Å². The number of carbonyl (C=O) groups excluding carboxylic acids is 2. The van der Waals surface area contributed by atoms with Gasteiger partial charge in [0.25, 0.3) is 11.8 Å². The fourth-order valence-corrected chi connectivity index (χ4v) is 2.61. The molecule has 0 aromatic heterocycles. The Labute approximate surface area is 108 Å². The maximum atomic E-state index is 12.3. The van der Waals surface area contributed by atoms with Gasteiger partial charge in [0, 0.05) is 6.04 Å². The molecule has 3 heteroatoms. The Hall–Kier alpha value is -1.64. The molecule has 0 saturated carbocycles. The first-order chi connectivity index (χ1) is 8.70. The minimum absolute atomic E-state index is 0.0485. The third-order valence-corrected chi connectivity index (χ3v) is 3.43. The van der Waals surface area contributed by atoms with Gasteiger partial charge in [0.2, 0.25) is 0 Å². The molecule has 96 valence electrons.